The molecule has 2 heterocycles. The van der Waals surface area contributed by atoms with Gasteiger partial charge in [0.25, 0.3) is 0 Å². The van der Waals surface area contributed by atoms with Crippen LogP contribution in [0.25, 0.3) is 5.69 Å². The maximum absolute atomic E-state index is 13.2. The quantitative estimate of drug-likeness (QED) is 0.724. The molecule has 1 aliphatic carbocycles. The molecule has 1 aliphatic heterocycles. The summed E-state index contributed by atoms with van der Waals surface area (Å²) >= 11 is 0. The first kappa shape index (κ1) is 18.5. The van der Waals surface area contributed by atoms with Gasteiger partial charge in [0.05, 0.1) is 17.3 Å². The fourth-order valence-electron chi connectivity index (χ4n) is 4.25. The normalized spacial score (nSPS) is 18.0. The third kappa shape index (κ3) is 3.26. The predicted octanol–water partition coefficient (Wildman–Crippen LogP) is 3.49. The van der Waals surface area contributed by atoms with Crippen LogP contribution in [0, 0.1) is 11.7 Å². The van der Waals surface area contributed by atoms with Crippen LogP contribution in [0.5, 0.6) is 0 Å². The Bertz CT molecular complexity index is 1110. The number of nitrogens with zero attached hydrogens (tertiary/aromatic N) is 3. The van der Waals surface area contributed by atoms with Gasteiger partial charge in [0, 0.05) is 24.2 Å². The van der Waals surface area contributed by atoms with Gasteiger partial charge in [-0.1, -0.05) is 18.2 Å². The highest BCUT2D eigenvalue weighted by Gasteiger charge is 2.36. The van der Waals surface area contributed by atoms with Crippen LogP contribution in [0.1, 0.15) is 24.1 Å². The Morgan fingerprint density at radius 2 is 1.80 bits per heavy atom. The van der Waals surface area contributed by atoms with Gasteiger partial charge in [-0.15, -0.1) is 0 Å². The lowest BCUT2D eigenvalue weighted by atomic mass is 10.1. The van der Waals surface area contributed by atoms with Crippen molar-refractivity contribution in [3.8, 4) is 5.69 Å². The molecule has 0 saturated carbocycles. The van der Waals surface area contributed by atoms with Crippen molar-refractivity contribution in [2.45, 2.75) is 25.7 Å². The lowest BCUT2D eigenvalue weighted by molar-refractivity contribution is -0.122. The fourth-order valence-corrected chi connectivity index (χ4v) is 4.25. The first-order valence-electron chi connectivity index (χ1n) is 10.1. The second-order valence-electron chi connectivity index (χ2n) is 7.75. The Kier molecular flexibility index (Phi) is 4.58. The van der Waals surface area contributed by atoms with E-state index in [1.165, 1.54) is 12.1 Å². The Labute approximate surface area is 173 Å². The van der Waals surface area contributed by atoms with Crippen LogP contribution in [0.2, 0.25) is 0 Å². The minimum Gasteiger partial charge on any atom is -0.312 e. The number of amides is 2. The monoisotopic (exact) mass is 404 g/mol. The Morgan fingerprint density at radius 1 is 1.03 bits per heavy atom. The molecule has 1 aromatic heterocycles. The van der Waals surface area contributed by atoms with Crippen molar-refractivity contribution in [3.63, 3.8) is 0 Å². The summed E-state index contributed by atoms with van der Waals surface area (Å²) in [6.45, 7) is 0.276. The molecule has 1 saturated heterocycles. The van der Waals surface area contributed by atoms with Crippen molar-refractivity contribution in [2.75, 3.05) is 16.8 Å². The molecule has 1 fully saturated rings. The zero-order valence-corrected chi connectivity index (χ0v) is 16.3. The number of carbonyl (C=O) groups is 2. The second-order valence-corrected chi connectivity index (χ2v) is 7.75. The number of hydrogen-bond donors (Lipinski definition) is 1. The molecule has 2 aromatic carbocycles. The number of aromatic nitrogens is 2. The second kappa shape index (κ2) is 7.40. The van der Waals surface area contributed by atoms with Gasteiger partial charge >= 0.3 is 0 Å². The smallest absolute Gasteiger partial charge is 0.230 e. The van der Waals surface area contributed by atoms with Crippen LogP contribution in [-0.2, 0) is 22.4 Å². The number of nitrogens with one attached hydrogen (secondary N) is 1. The molecular weight excluding hydrogens is 383 g/mol. The Morgan fingerprint density at radius 3 is 2.57 bits per heavy atom. The highest BCUT2D eigenvalue weighted by molar-refractivity contribution is 6.03. The molecule has 2 aliphatic rings. The van der Waals surface area contributed by atoms with E-state index in [1.54, 1.807) is 21.7 Å². The molecule has 7 heteroatoms. The van der Waals surface area contributed by atoms with E-state index in [2.05, 4.69) is 5.32 Å². The van der Waals surface area contributed by atoms with Crippen molar-refractivity contribution >= 4 is 23.3 Å². The zero-order valence-electron chi connectivity index (χ0n) is 16.3. The van der Waals surface area contributed by atoms with E-state index in [1.807, 2.05) is 30.3 Å². The van der Waals surface area contributed by atoms with Gasteiger partial charge in [0.1, 0.15) is 11.6 Å². The number of carbonyl (C=O) groups excluding carboxylic acids is 2. The number of fused-ring (bicyclic) bond motifs is 1. The predicted molar refractivity (Wildman–Crippen MR) is 111 cm³/mol. The van der Waals surface area contributed by atoms with Gasteiger partial charge in [-0.3, -0.25) is 9.59 Å². The van der Waals surface area contributed by atoms with E-state index in [4.69, 9.17) is 5.10 Å². The van der Waals surface area contributed by atoms with Crippen LogP contribution in [0.4, 0.5) is 15.9 Å². The van der Waals surface area contributed by atoms with Gasteiger partial charge in [0.2, 0.25) is 11.8 Å². The average molecular weight is 404 g/mol. The summed E-state index contributed by atoms with van der Waals surface area (Å²) in [6.07, 6.45) is 2.93. The van der Waals surface area contributed by atoms with Crippen molar-refractivity contribution in [3.05, 3.63) is 71.7 Å². The van der Waals surface area contributed by atoms with Crippen LogP contribution in [0.15, 0.2) is 54.6 Å². The highest BCUT2D eigenvalue weighted by Crippen LogP contribution is 2.32. The van der Waals surface area contributed by atoms with E-state index >= 15 is 0 Å². The summed E-state index contributed by atoms with van der Waals surface area (Å²) in [5, 5.41) is 7.77. The van der Waals surface area contributed by atoms with Crippen LogP contribution in [-0.4, -0.2) is 28.1 Å². The third-order valence-electron chi connectivity index (χ3n) is 5.78. The highest BCUT2D eigenvalue weighted by atomic mass is 19.1. The number of hydrogen-bond acceptors (Lipinski definition) is 3. The van der Waals surface area contributed by atoms with E-state index in [0.717, 1.165) is 36.2 Å². The van der Waals surface area contributed by atoms with E-state index in [-0.39, 0.29) is 30.6 Å². The molecule has 6 nitrogen and oxygen atoms in total. The van der Waals surface area contributed by atoms with E-state index in [0.29, 0.717) is 11.5 Å². The molecule has 152 valence electrons. The van der Waals surface area contributed by atoms with Crippen molar-refractivity contribution in [1.29, 1.82) is 0 Å². The molecule has 1 unspecified atom stereocenters. The van der Waals surface area contributed by atoms with Gasteiger partial charge < -0.3 is 10.2 Å². The molecule has 5 rings (SSSR count). The third-order valence-corrected chi connectivity index (χ3v) is 5.78. The van der Waals surface area contributed by atoms with E-state index in [9.17, 15) is 14.0 Å². The van der Waals surface area contributed by atoms with Gasteiger partial charge in [0.15, 0.2) is 0 Å². The summed E-state index contributed by atoms with van der Waals surface area (Å²) in [5.74, 6) is -0.462. The fraction of sp³-hybridized carbons (Fsp3) is 0.261. The number of halogens is 1. The maximum atomic E-state index is 13.2. The minimum absolute atomic E-state index is 0.130. The standard InChI is InChI=1S/C23H21FN4O2/c24-16-9-11-17(12-10-16)27-14-15(13-21(27)29)23(30)25-22-19-7-4-8-20(19)26-28(22)18-5-2-1-3-6-18/h1-3,5-6,9-12,15H,4,7-8,13-14H2,(H,25,30). The first-order valence-corrected chi connectivity index (χ1v) is 10.1. The van der Waals surface area contributed by atoms with Crippen molar-refractivity contribution in [2.24, 2.45) is 5.92 Å². The molecular formula is C23H21FN4O2. The number of benzene rings is 2. The van der Waals surface area contributed by atoms with Gasteiger partial charge in [-0.05, 0) is 55.7 Å². The SMILES string of the molecule is O=C(Nc1c2c(nn1-c1ccccc1)CCC2)C1CC(=O)N(c2ccc(F)cc2)C1. The molecule has 1 atom stereocenters. The van der Waals surface area contributed by atoms with Crippen LogP contribution < -0.4 is 10.2 Å². The number of anilines is 2. The molecule has 0 spiro atoms. The first-order chi connectivity index (χ1) is 14.6. The lowest BCUT2D eigenvalue weighted by Crippen LogP contribution is -2.29. The molecule has 2 amide bonds. The summed E-state index contributed by atoms with van der Waals surface area (Å²) in [4.78, 5) is 27.1. The number of aryl methyl sites for hydroxylation is 1. The molecule has 1 N–H and O–H groups in total. The van der Waals surface area contributed by atoms with Crippen LogP contribution in [0.3, 0.4) is 0 Å². The number of para-hydroxylation sites is 1. The van der Waals surface area contributed by atoms with Gasteiger partial charge in [-0.2, -0.15) is 5.10 Å². The summed E-state index contributed by atoms with van der Waals surface area (Å²) in [7, 11) is 0. The van der Waals surface area contributed by atoms with E-state index < -0.39 is 5.92 Å². The average Bonchev–Trinajstić information content (AvgIpc) is 3.45. The Balaban J connectivity index is 1.39. The zero-order chi connectivity index (χ0) is 20.7. The largest absolute Gasteiger partial charge is 0.312 e. The van der Waals surface area contributed by atoms with Crippen LogP contribution >= 0.6 is 0 Å². The maximum Gasteiger partial charge on any atom is 0.230 e. The molecule has 0 bridgehead atoms. The van der Waals surface area contributed by atoms with Crippen molar-refractivity contribution in [1.82, 2.24) is 9.78 Å². The molecule has 0 radical (unpaired) electrons. The molecule has 30 heavy (non-hydrogen) atoms. The number of rotatable bonds is 4. The van der Waals surface area contributed by atoms with Crippen molar-refractivity contribution < 1.29 is 14.0 Å². The lowest BCUT2D eigenvalue weighted by Gasteiger charge is -2.17. The Hall–Kier alpha value is -3.48. The minimum atomic E-state index is -0.473. The summed E-state index contributed by atoms with van der Waals surface area (Å²) in [5.41, 5.74) is 3.58. The summed E-state index contributed by atoms with van der Waals surface area (Å²) in [6, 6.07) is 15.5. The summed E-state index contributed by atoms with van der Waals surface area (Å²) < 4.78 is 15.0. The molecule has 3 aromatic rings. The topological polar surface area (TPSA) is 67.2 Å². The van der Waals surface area contributed by atoms with Gasteiger partial charge in [-0.25, -0.2) is 9.07 Å².